The lowest BCUT2D eigenvalue weighted by Crippen LogP contribution is -2.35. The number of carbonyl (C=O) groups excluding carboxylic acids is 2. The minimum Gasteiger partial charge on any atom is -0.356 e. The molecule has 0 saturated carbocycles. The van der Waals surface area contributed by atoms with Crippen molar-refractivity contribution in [2.45, 2.75) is 52.6 Å². The maximum atomic E-state index is 12.3. The van der Waals surface area contributed by atoms with E-state index >= 15 is 0 Å². The number of hydrogen-bond donors (Lipinski definition) is 2. The second-order valence-electron chi connectivity index (χ2n) is 6.07. The number of aryl methyl sites for hydroxylation is 1. The first-order valence-electron chi connectivity index (χ1n) is 8.49. The lowest BCUT2D eigenvalue weighted by Gasteiger charge is -2.13. The van der Waals surface area contributed by atoms with E-state index in [1.54, 1.807) is 0 Å². The lowest BCUT2D eigenvalue weighted by atomic mass is 10.2. The molecule has 0 radical (unpaired) electrons. The van der Waals surface area contributed by atoms with Crippen molar-refractivity contribution < 1.29 is 9.59 Å². The molecule has 1 unspecified atom stereocenters. The molecule has 1 aromatic heterocycles. The molecule has 2 aromatic rings. The summed E-state index contributed by atoms with van der Waals surface area (Å²) in [5.41, 5.74) is 1.86. The lowest BCUT2D eigenvalue weighted by molar-refractivity contribution is -0.122. The summed E-state index contributed by atoms with van der Waals surface area (Å²) in [5, 5.41) is 5.79. The second-order valence-corrected chi connectivity index (χ2v) is 6.07. The van der Waals surface area contributed by atoms with Gasteiger partial charge in [0.1, 0.15) is 12.4 Å². The van der Waals surface area contributed by atoms with Crippen molar-refractivity contribution in [2.24, 2.45) is 0 Å². The van der Waals surface area contributed by atoms with Gasteiger partial charge in [0.25, 0.3) is 0 Å². The number of para-hydroxylation sites is 2. The zero-order chi connectivity index (χ0) is 17.5. The highest BCUT2D eigenvalue weighted by Crippen LogP contribution is 2.17. The van der Waals surface area contributed by atoms with Gasteiger partial charge in [-0.2, -0.15) is 0 Å². The highest BCUT2D eigenvalue weighted by atomic mass is 16.2. The zero-order valence-electron chi connectivity index (χ0n) is 14.6. The average Bonchev–Trinajstić information content (AvgIpc) is 2.89. The summed E-state index contributed by atoms with van der Waals surface area (Å²) in [7, 11) is 0. The fraction of sp³-hybridized carbons (Fsp3) is 0.500. The van der Waals surface area contributed by atoms with Crippen molar-refractivity contribution >= 4 is 22.8 Å². The Hall–Kier alpha value is -2.37. The van der Waals surface area contributed by atoms with Crippen molar-refractivity contribution in [3.8, 4) is 0 Å². The van der Waals surface area contributed by atoms with E-state index < -0.39 is 0 Å². The Bertz CT molecular complexity index is 708. The van der Waals surface area contributed by atoms with Crippen LogP contribution in [0.3, 0.4) is 0 Å². The van der Waals surface area contributed by atoms with E-state index in [-0.39, 0.29) is 24.4 Å². The number of fused-ring (bicyclic) bond motifs is 1. The molecule has 0 fully saturated rings. The minimum atomic E-state index is -0.0311. The highest BCUT2D eigenvalue weighted by molar-refractivity contribution is 5.81. The molecular weight excluding hydrogens is 304 g/mol. The molecular formula is C18H26N4O2. The van der Waals surface area contributed by atoms with E-state index in [0.717, 1.165) is 29.7 Å². The topological polar surface area (TPSA) is 76.0 Å². The first kappa shape index (κ1) is 18.0. The van der Waals surface area contributed by atoms with Crippen LogP contribution < -0.4 is 10.6 Å². The van der Waals surface area contributed by atoms with Crippen molar-refractivity contribution in [1.29, 1.82) is 0 Å². The van der Waals surface area contributed by atoms with Crippen LogP contribution >= 0.6 is 0 Å². The van der Waals surface area contributed by atoms with Crippen LogP contribution in [0, 0.1) is 0 Å². The smallest absolute Gasteiger partial charge is 0.240 e. The molecule has 0 saturated heterocycles. The van der Waals surface area contributed by atoms with Gasteiger partial charge in [-0.1, -0.05) is 19.1 Å². The number of nitrogens with one attached hydrogen (secondary N) is 2. The predicted octanol–water partition coefficient (Wildman–Crippen LogP) is 2.02. The SMILES string of the molecule is CCC(C)NC(=O)Cn1c(CCCNC(C)=O)nc2ccccc21. The molecule has 1 aromatic carbocycles. The largest absolute Gasteiger partial charge is 0.356 e. The summed E-state index contributed by atoms with van der Waals surface area (Å²) in [6.45, 7) is 6.43. The molecule has 0 aliphatic carbocycles. The highest BCUT2D eigenvalue weighted by Gasteiger charge is 2.14. The van der Waals surface area contributed by atoms with E-state index in [1.807, 2.05) is 42.7 Å². The van der Waals surface area contributed by atoms with Crippen LogP contribution in [0.1, 0.15) is 39.4 Å². The quantitative estimate of drug-likeness (QED) is 0.727. The predicted molar refractivity (Wildman–Crippen MR) is 94.6 cm³/mol. The summed E-state index contributed by atoms with van der Waals surface area (Å²) < 4.78 is 1.97. The number of carbonyl (C=O) groups is 2. The first-order chi connectivity index (χ1) is 11.5. The average molecular weight is 330 g/mol. The van der Waals surface area contributed by atoms with E-state index in [1.165, 1.54) is 6.92 Å². The van der Waals surface area contributed by atoms with Gasteiger partial charge in [-0.05, 0) is 31.9 Å². The fourth-order valence-electron chi connectivity index (χ4n) is 2.57. The molecule has 2 N–H and O–H groups in total. The summed E-state index contributed by atoms with van der Waals surface area (Å²) in [6, 6.07) is 8.00. The third-order valence-corrected chi connectivity index (χ3v) is 4.01. The molecule has 24 heavy (non-hydrogen) atoms. The number of hydrogen-bond acceptors (Lipinski definition) is 3. The van der Waals surface area contributed by atoms with Crippen LogP contribution in [0.15, 0.2) is 24.3 Å². The number of imidazole rings is 1. The molecule has 1 atom stereocenters. The summed E-state index contributed by atoms with van der Waals surface area (Å²) in [4.78, 5) is 27.9. The Morgan fingerprint density at radius 1 is 1.29 bits per heavy atom. The number of amides is 2. The normalized spacial score (nSPS) is 12.1. The molecule has 0 spiro atoms. The number of rotatable bonds is 8. The number of benzene rings is 1. The molecule has 0 aliphatic rings. The van der Waals surface area contributed by atoms with Crippen molar-refractivity contribution in [1.82, 2.24) is 20.2 Å². The third-order valence-electron chi connectivity index (χ3n) is 4.01. The zero-order valence-corrected chi connectivity index (χ0v) is 14.6. The van der Waals surface area contributed by atoms with Gasteiger partial charge in [0.2, 0.25) is 11.8 Å². The molecule has 0 aliphatic heterocycles. The Kier molecular flexibility index (Phi) is 6.35. The Balaban J connectivity index is 2.14. The van der Waals surface area contributed by atoms with Gasteiger partial charge < -0.3 is 15.2 Å². The molecule has 6 nitrogen and oxygen atoms in total. The monoisotopic (exact) mass is 330 g/mol. The number of nitrogens with zero attached hydrogens (tertiary/aromatic N) is 2. The fourth-order valence-corrected chi connectivity index (χ4v) is 2.57. The maximum Gasteiger partial charge on any atom is 0.240 e. The van der Waals surface area contributed by atoms with E-state index in [9.17, 15) is 9.59 Å². The molecule has 0 bridgehead atoms. The minimum absolute atomic E-state index is 0.00406. The first-order valence-corrected chi connectivity index (χ1v) is 8.49. The standard InChI is InChI=1S/C18H26N4O2/c1-4-13(2)20-18(24)12-22-16-9-6-5-8-15(16)21-17(22)10-7-11-19-14(3)23/h5-6,8-9,13H,4,7,10-12H2,1-3H3,(H,19,23)(H,20,24). The second kappa shape index (κ2) is 8.47. The summed E-state index contributed by atoms with van der Waals surface area (Å²) >= 11 is 0. The van der Waals surface area contributed by atoms with Gasteiger partial charge in [-0.25, -0.2) is 4.98 Å². The van der Waals surface area contributed by atoms with Crippen molar-refractivity contribution in [3.63, 3.8) is 0 Å². The maximum absolute atomic E-state index is 12.3. The van der Waals surface area contributed by atoms with Gasteiger partial charge in [0.15, 0.2) is 0 Å². The molecule has 1 heterocycles. The van der Waals surface area contributed by atoms with Gasteiger partial charge in [-0.15, -0.1) is 0 Å². The van der Waals surface area contributed by atoms with E-state index in [2.05, 4.69) is 15.6 Å². The van der Waals surface area contributed by atoms with Crippen LogP contribution in [0.25, 0.3) is 11.0 Å². The molecule has 6 heteroatoms. The Morgan fingerprint density at radius 2 is 2.04 bits per heavy atom. The Labute approximate surface area is 142 Å². The van der Waals surface area contributed by atoms with Gasteiger partial charge in [0.05, 0.1) is 11.0 Å². The summed E-state index contributed by atoms with van der Waals surface area (Å²) in [6.07, 6.45) is 2.40. The van der Waals surface area contributed by atoms with Gasteiger partial charge in [-0.3, -0.25) is 9.59 Å². The van der Waals surface area contributed by atoms with E-state index in [0.29, 0.717) is 13.0 Å². The summed E-state index contributed by atoms with van der Waals surface area (Å²) in [5.74, 6) is 0.841. The van der Waals surface area contributed by atoms with Crippen LogP contribution in [0.2, 0.25) is 0 Å². The van der Waals surface area contributed by atoms with Gasteiger partial charge in [0, 0.05) is 25.9 Å². The van der Waals surface area contributed by atoms with Crippen LogP contribution in [0.4, 0.5) is 0 Å². The van der Waals surface area contributed by atoms with Crippen LogP contribution in [-0.2, 0) is 22.6 Å². The third kappa shape index (κ3) is 4.81. The molecule has 2 amide bonds. The van der Waals surface area contributed by atoms with Crippen LogP contribution in [-0.4, -0.2) is 34.0 Å². The van der Waals surface area contributed by atoms with Crippen LogP contribution in [0.5, 0.6) is 0 Å². The molecule has 2 rings (SSSR count). The van der Waals surface area contributed by atoms with Gasteiger partial charge >= 0.3 is 0 Å². The van der Waals surface area contributed by atoms with E-state index in [4.69, 9.17) is 0 Å². The van der Waals surface area contributed by atoms with Crippen molar-refractivity contribution in [3.05, 3.63) is 30.1 Å². The van der Waals surface area contributed by atoms with Crippen molar-refractivity contribution in [2.75, 3.05) is 6.54 Å². The Morgan fingerprint density at radius 3 is 2.75 bits per heavy atom. The molecule has 130 valence electrons. The number of aromatic nitrogens is 2.